The van der Waals surface area contributed by atoms with Crippen molar-refractivity contribution in [3.8, 4) is 22.9 Å². The van der Waals surface area contributed by atoms with Crippen LogP contribution < -0.4 is 0 Å². The quantitative estimate of drug-likeness (QED) is 0.174. The normalized spacial score (nSPS) is 12.1. The molecule has 0 radical (unpaired) electrons. The monoisotopic (exact) mass is 687 g/mol. The van der Waals surface area contributed by atoms with Crippen molar-refractivity contribution in [3.05, 3.63) is 176 Å². The maximum absolute atomic E-state index is 5.41. The highest BCUT2D eigenvalue weighted by Gasteiger charge is 2.26. The van der Waals surface area contributed by atoms with Crippen molar-refractivity contribution >= 4 is 87.0 Å². The molecule has 5 nitrogen and oxygen atoms in total. The number of fused-ring (bicyclic) bond motifs is 16. The lowest BCUT2D eigenvalue weighted by molar-refractivity contribution is 1.01. The van der Waals surface area contributed by atoms with Gasteiger partial charge < -0.3 is 4.57 Å². The third-order valence-corrected chi connectivity index (χ3v) is 11.1. The third kappa shape index (κ3) is 3.90. The average Bonchev–Trinajstić information content (AvgIpc) is 3.78. The van der Waals surface area contributed by atoms with Crippen LogP contribution in [0.4, 0.5) is 0 Å². The van der Waals surface area contributed by atoms with Crippen molar-refractivity contribution in [3.63, 3.8) is 0 Å². The highest BCUT2D eigenvalue weighted by atomic mass is 15.2. The number of hydrogen-bond acceptors (Lipinski definition) is 3. The summed E-state index contributed by atoms with van der Waals surface area (Å²) < 4.78 is 4.74. The minimum atomic E-state index is 0.597. The molecule has 0 fully saturated rings. The first-order chi connectivity index (χ1) is 26.8. The van der Waals surface area contributed by atoms with Crippen molar-refractivity contribution in [1.82, 2.24) is 24.1 Å². The molecule has 0 bridgehead atoms. The third-order valence-electron chi connectivity index (χ3n) is 11.1. The van der Waals surface area contributed by atoms with Gasteiger partial charge in [0.15, 0.2) is 5.65 Å². The molecule has 54 heavy (non-hydrogen) atoms. The molecule has 5 heteroatoms. The summed E-state index contributed by atoms with van der Waals surface area (Å²) >= 11 is 0. The Balaban J connectivity index is 1.38. The van der Waals surface area contributed by atoms with E-state index in [0.29, 0.717) is 11.6 Å². The lowest BCUT2D eigenvalue weighted by atomic mass is 9.89. The Labute approximate surface area is 309 Å². The summed E-state index contributed by atoms with van der Waals surface area (Å²) in [6.07, 6.45) is 1.81. The molecule has 12 aromatic rings. The fourth-order valence-corrected chi connectivity index (χ4v) is 9.02. The molecule has 0 saturated heterocycles. The Bertz CT molecular complexity index is 3490. The van der Waals surface area contributed by atoms with Crippen molar-refractivity contribution in [2.45, 2.75) is 0 Å². The molecular weight excluding hydrogens is 659 g/mol. The van der Waals surface area contributed by atoms with Crippen LogP contribution in [0.25, 0.3) is 110 Å². The summed E-state index contributed by atoms with van der Waals surface area (Å²) in [4.78, 5) is 15.4. The van der Waals surface area contributed by atoms with E-state index in [1.807, 2.05) is 18.3 Å². The molecule has 12 rings (SSSR count). The van der Waals surface area contributed by atoms with Gasteiger partial charge in [-0.2, -0.15) is 4.98 Å². The Morgan fingerprint density at radius 2 is 0.852 bits per heavy atom. The zero-order valence-electron chi connectivity index (χ0n) is 29.0. The van der Waals surface area contributed by atoms with Crippen LogP contribution in [-0.4, -0.2) is 24.1 Å². The molecule has 0 unspecified atom stereocenters. The maximum atomic E-state index is 5.41. The lowest BCUT2D eigenvalue weighted by Crippen LogP contribution is -2.04. The second kappa shape index (κ2) is 11.1. The molecule has 0 aliphatic heterocycles. The summed E-state index contributed by atoms with van der Waals surface area (Å²) in [6.45, 7) is 0. The zero-order valence-corrected chi connectivity index (χ0v) is 29.0. The van der Waals surface area contributed by atoms with Crippen LogP contribution in [0.2, 0.25) is 0 Å². The predicted octanol–water partition coefficient (Wildman–Crippen LogP) is 12.3. The summed E-state index contributed by atoms with van der Waals surface area (Å²) in [6, 6.07) is 60.5. The Morgan fingerprint density at radius 1 is 0.352 bits per heavy atom. The van der Waals surface area contributed by atoms with E-state index in [1.165, 1.54) is 54.1 Å². The van der Waals surface area contributed by atoms with Gasteiger partial charge in [0.05, 0.1) is 27.8 Å². The van der Waals surface area contributed by atoms with Gasteiger partial charge in [-0.05, 0) is 52.6 Å². The van der Waals surface area contributed by atoms with Gasteiger partial charge in [0.2, 0.25) is 5.95 Å². The fraction of sp³-hybridized carbons (Fsp3) is 0. The lowest BCUT2D eigenvalue weighted by Gasteiger charge is -2.16. The van der Waals surface area contributed by atoms with E-state index >= 15 is 0 Å². The van der Waals surface area contributed by atoms with Crippen LogP contribution in [0.3, 0.4) is 0 Å². The fourth-order valence-electron chi connectivity index (χ4n) is 9.02. The number of rotatable bonds is 3. The molecule has 250 valence electrons. The molecule has 0 aliphatic carbocycles. The van der Waals surface area contributed by atoms with Gasteiger partial charge in [-0.1, -0.05) is 133 Å². The molecule has 0 atom stereocenters. The van der Waals surface area contributed by atoms with Gasteiger partial charge in [-0.15, -0.1) is 0 Å². The molecule has 0 aliphatic rings. The number of hydrogen-bond donors (Lipinski definition) is 0. The maximum Gasteiger partial charge on any atom is 0.237 e. The molecule has 0 spiro atoms. The Morgan fingerprint density at radius 3 is 1.50 bits per heavy atom. The smallest absolute Gasteiger partial charge is 0.237 e. The van der Waals surface area contributed by atoms with Crippen LogP contribution in [0.15, 0.2) is 176 Å². The van der Waals surface area contributed by atoms with Crippen LogP contribution in [0.5, 0.6) is 0 Å². The second-order valence-corrected chi connectivity index (χ2v) is 13.9. The molecule has 0 amide bonds. The minimum absolute atomic E-state index is 0.597. The number of para-hydroxylation sites is 3. The van der Waals surface area contributed by atoms with E-state index in [1.54, 1.807) is 0 Å². The minimum Gasteiger partial charge on any atom is -0.309 e. The molecule has 4 aromatic heterocycles. The standard InChI is InChI=1S/C49H29N5/c1-3-16-30(17-4-1)45-38-26-15-29-50-48(38)52-49(51-45)54-40-28-14-12-25-37(40)43-44-41(33-21-8-10-23-35(33)47(43)54)32-20-7-9-22-34(32)46-42(44)36-24-11-13-27-39(36)53(46)31-18-5-2-6-19-31/h1-29H. The number of benzene rings is 8. The van der Waals surface area contributed by atoms with Crippen LogP contribution >= 0.6 is 0 Å². The first-order valence-corrected chi connectivity index (χ1v) is 18.3. The van der Waals surface area contributed by atoms with Crippen molar-refractivity contribution in [2.24, 2.45) is 0 Å². The highest BCUT2D eigenvalue weighted by Crippen LogP contribution is 2.50. The number of nitrogens with zero attached hydrogens (tertiary/aromatic N) is 5. The van der Waals surface area contributed by atoms with Crippen LogP contribution in [0.1, 0.15) is 0 Å². The first-order valence-electron chi connectivity index (χ1n) is 18.3. The van der Waals surface area contributed by atoms with Gasteiger partial charge in [-0.3, -0.25) is 4.57 Å². The Kier molecular flexibility index (Phi) is 5.99. The van der Waals surface area contributed by atoms with Gasteiger partial charge in [0, 0.05) is 60.5 Å². The van der Waals surface area contributed by atoms with Crippen molar-refractivity contribution in [2.75, 3.05) is 0 Å². The molecule has 0 saturated carbocycles. The first kappa shape index (κ1) is 29.2. The van der Waals surface area contributed by atoms with E-state index in [2.05, 4.69) is 167 Å². The van der Waals surface area contributed by atoms with E-state index in [0.717, 1.165) is 44.1 Å². The summed E-state index contributed by atoms with van der Waals surface area (Å²) in [5.41, 5.74) is 8.20. The highest BCUT2D eigenvalue weighted by molar-refractivity contribution is 6.45. The topological polar surface area (TPSA) is 48.5 Å². The summed E-state index contributed by atoms with van der Waals surface area (Å²) in [5, 5.41) is 13.0. The van der Waals surface area contributed by atoms with E-state index in [4.69, 9.17) is 15.0 Å². The molecule has 0 N–H and O–H groups in total. The van der Waals surface area contributed by atoms with Gasteiger partial charge in [0.25, 0.3) is 0 Å². The van der Waals surface area contributed by atoms with E-state index < -0.39 is 0 Å². The predicted molar refractivity (Wildman–Crippen MR) is 224 cm³/mol. The molecule has 4 heterocycles. The largest absolute Gasteiger partial charge is 0.309 e. The molecular formula is C49H29N5. The van der Waals surface area contributed by atoms with Gasteiger partial charge in [0.1, 0.15) is 0 Å². The van der Waals surface area contributed by atoms with Crippen LogP contribution in [0, 0.1) is 0 Å². The zero-order chi connectivity index (χ0) is 35.3. The number of pyridine rings is 1. The van der Waals surface area contributed by atoms with E-state index in [-0.39, 0.29) is 0 Å². The van der Waals surface area contributed by atoms with Gasteiger partial charge >= 0.3 is 0 Å². The number of aromatic nitrogens is 5. The van der Waals surface area contributed by atoms with Crippen LogP contribution in [-0.2, 0) is 0 Å². The average molecular weight is 688 g/mol. The van der Waals surface area contributed by atoms with Crippen molar-refractivity contribution in [1.29, 1.82) is 0 Å². The summed E-state index contributed by atoms with van der Waals surface area (Å²) in [7, 11) is 0. The Hall–Kier alpha value is -7.37. The SMILES string of the molecule is c1ccc(-c2nc(-n3c4ccccc4c4c5c(c6ccccc6c6c5c5ccccc5n6-c5ccccc5)c5ccccc5c43)nc3ncccc23)cc1. The van der Waals surface area contributed by atoms with E-state index in [9.17, 15) is 0 Å². The second-order valence-electron chi connectivity index (χ2n) is 13.9. The summed E-state index contributed by atoms with van der Waals surface area (Å²) in [5.74, 6) is 0.597. The van der Waals surface area contributed by atoms with Gasteiger partial charge in [-0.25, -0.2) is 9.97 Å². The van der Waals surface area contributed by atoms with Crippen molar-refractivity contribution < 1.29 is 0 Å². The molecule has 8 aromatic carbocycles.